The first-order valence-corrected chi connectivity index (χ1v) is 11.1. The number of nitrogens with zero attached hydrogens (tertiary/aromatic N) is 7. The van der Waals surface area contributed by atoms with Crippen LogP contribution in [0.15, 0.2) is 53.9 Å². The summed E-state index contributed by atoms with van der Waals surface area (Å²) in [6.45, 7) is 6.03. The summed E-state index contributed by atoms with van der Waals surface area (Å²) in [5, 5.41) is 7.17. The number of allylic oxidation sites excluding steroid dienone is 1. The molecule has 0 bridgehead atoms. The molecule has 1 fully saturated rings. The van der Waals surface area contributed by atoms with Crippen LogP contribution < -0.4 is 10.2 Å². The Labute approximate surface area is 195 Å². The number of rotatable bonds is 4. The largest absolute Gasteiger partial charge is 0.322 e. The molecule has 34 heavy (non-hydrogen) atoms. The van der Waals surface area contributed by atoms with Gasteiger partial charge in [0.2, 0.25) is 0 Å². The Morgan fingerprint density at radius 3 is 2.79 bits per heavy atom. The van der Waals surface area contributed by atoms with Gasteiger partial charge in [0.15, 0.2) is 11.8 Å². The first-order valence-electron chi connectivity index (χ1n) is 11.1. The van der Waals surface area contributed by atoms with Crippen molar-refractivity contribution in [3.63, 3.8) is 0 Å². The summed E-state index contributed by atoms with van der Waals surface area (Å²) < 4.78 is 29.9. The van der Waals surface area contributed by atoms with Crippen molar-refractivity contribution in [1.29, 1.82) is 0 Å². The number of anilines is 2. The standard InChI is InChI=1S/C23H24F2N8O/c1-2-30-10-12-31(13-11-30)23(34)28-19-15-27-33-9-6-20(29-22(19)33)32-8-3-7-26-21(32)17-14-16(24)4-5-18(17)25/h3-9,14-15,21H,2,10-13H2,1H3,(H,28,34). The van der Waals surface area contributed by atoms with Gasteiger partial charge in [-0.3, -0.25) is 4.99 Å². The van der Waals surface area contributed by atoms with Crippen LogP contribution in [0.2, 0.25) is 0 Å². The van der Waals surface area contributed by atoms with Crippen LogP contribution in [-0.2, 0) is 0 Å². The lowest BCUT2D eigenvalue weighted by molar-refractivity contribution is 0.151. The molecule has 1 aromatic carbocycles. The van der Waals surface area contributed by atoms with E-state index in [0.717, 1.165) is 37.8 Å². The van der Waals surface area contributed by atoms with Gasteiger partial charge in [0.25, 0.3) is 0 Å². The van der Waals surface area contributed by atoms with Gasteiger partial charge in [0.1, 0.15) is 23.1 Å². The van der Waals surface area contributed by atoms with Crippen LogP contribution in [-0.4, -0.2) is 69.4 Å². The number of benzene rings is 1. The summed E-state index contributed by atoms with van der Waals surface area (Å²) in [6.07, 6.45) is 7.33. The van der Waals surface area contributed by atoms with Gasteiger partial charge in [-0.15, -0.1) is 0 Å². The quantitative estimate of drug-likeness (QED) is 0.638. The van der Waals surface area contributed by atoms with Crippen LogP contribution >= 0.6 is 0 Å². The fourth-order valence-electron chi connectivity index (χ4n) is 4.11. The summed E-state index contributed by atoms with van der Waals surface area (Å²) in [7, 11) is 0. The maximum atomic E-state index is 14.5. The van der Waals surface area contributed by atoms with Gasteiger partial charge in [-0.1, -0.05) is 6.92 Å². The lowest BCUT2D eigenvalue weighted by Gasteiger charge is -2.33. The van der Waals surface area contributed by atoms with Crippen molar-refractivity contribution < 1.29 is 13.6 Å². The zero-order valence-corrected chi connectivity index (χ0v) is 18.6. The predicted molar refractivity (Wildman–Crippen MR) is 125 cm³/mol. The molecule has 1 N–H and O–H groups in total. The second kappa shape index (κ2) is 9.18. The van der Waals surface area contributed by atoms with Crippen LogP contribution in [0.1, 0.15) is 18.7 Å². The van der Waals surface area contributed by atoms with E-state index in [0.29, 0.717) is 30.2 Å². The zero-order valence-electron chi connectivity index (χ0n) is 18.6. The Balaban J connectivity index is 1.41. The van der Waals surface area contributed by atoms with Crippen LogP contribution in [0.25, 0.3) is 5.65 Å². The average Bonchev–Trinajstić information content (AvgIpc) is 3.27. The van der Waals surface area contributed by atoms with E-state index < -0.39 is 17.8 Å². The molecule has 0 saturated carbocycles. The van der Waals surface area contributed by atoms with Crippen molar-refractivity contribution in [3.8, 4) is 0 Å². The molecule has 9 nitrogen and oxygen atoms in total. The minimum Gasteiger partial charge on any atom is -0.322 e. The molecule has 5 rings (SSSR count). The Hall–Kier alpha value is -3.86. The minimum absolute atomic E-state index is 0.0931. The Morgan fingerprint density at radius 2 is 2.00 bits per heavy atom. The number of aliphatic imine (C=N–C) groups is 1. The van der Waals surface area contributed by atoms with Crippen molar-refractivity contribution in [2.24, 2.45) is 4.99 Å². The van der Waals surface area contributed by atoms with Crippen molar-refractivity contribution in [3.05, 3.63) is 66.1 Å². The van der Waals surface area contributed by atoms with Crippen LogP contribution in [0.3, 0.4) is 0 Å². The van der Waals surface area contributed by atoms with Crippen LogP contribution in [0.5, 0.6) is 0 Å². The number of fused-ring (bicyclic) bond motifs is 1. The third kappa shape index (κ3) is 4.21. The van der Waals surface area contributed by atoms with E-state index in [1.165, 1.54) is 6.21 Å². The molecule has 0 spiro atoms. The number of hydrogen-bond donors (Lipinski definition) is 1. The zero-order chi connectivity index (χ0) is 23.7. The number of piperazine rings is 1. The molecule has 2 aliphatic heterocycles. The molecule has 1 saturated heterocycles. The Kier molecular flexibility index (Phi) is 5.93. The van der Waals surface area contributed by atoms with Crippen molar-refractivity contribution >= 4 is 29.4 Å². The third-order valence-corrected chi connectivity index (χ3v) is 6.03. The van der Waals surface area contributed by atoms with Gasteiger partial charge in [0, 0.05) is 50.4 Å². The van der Waals surface area contributed by atoms with Crippen molar-refractivity contribution in [2.75, 3.05) is 42.9 Å². The fourth-order valence-corrected chi connectivity index (χ4v) is 4.11. The molecule has 176 valence electrons. The summed E-state index contributed by atoms with van der Waals surface area (Å²) in [5.41, 5.74) is 0.984. The summed E-state index contributed by atoms with van der Waals surface area (Å²) >= 11 is 0. The van der Waals surface area contributed by atoms with Gasteiger partial charge < -0.3 is 20.0 Å². The van der Waals surface area contributed by atoms with E-state index in [4.69, 9.17) is 0 Å². The van der Waals surface area contributed by atoms with E-state index in [-0.39, 0.29) is 11.6 Å². The van der Waals surface area contributed by atoms with Gasteiger partial charge in [-0.05, 0) is 36.9 Å². The van der Waals surface area contributed by atoms with E-state index in [9.17, 15) is 13.6 Å². The second-order valence-electron chi connectivity index (χ2n) is 8.05. The average molecular weight is 466 g/mol. The molecule has 0 aliphatic carbocycles. The lowest BCUT2D eigenvalue weighted by atomic mass is 10.1. The molecule has 2 aliphatic rings. The van der Waals surface area contributed by atoms with Gasteiger partial charge in [0.05, 0.1) is 6.20 Å². The number of hydrogen-bond acceptors (Lipinski definition) is 6. The van der Waals surface area contributed by atoms with Crippen LogP contribution in [0.4, 0.5) is 25.1 Å². The normalized spacial score (nSPS) is 18.6. The van der Waals surface area contributed by atoms with Crippen molar-refractivity contribution in [2.45, 2.75) is 13.1 Å². The first kappa shape index (κ1) is 22.0. The van der Waals surface area contributed by atoms with Gasteiger partial charge in [-0.25, -0.2) is 23.1 Å². The molecule has 4 heterocycles. The Morgan fingerprint density at radius 1 is 1.18 bits per heavy atom. The molecule has 2 aromatic heterocycles. The highest BCUT2D eigenvalue weighted by Gasteiger charge is 2.26. The molecular weight excluding hydrogens is 442 g/mol. The van der Waals surface area contributed by atoms with Gasteiger partial charge in [-0.2, -0.15) is 5.10 Å². The fraction of sp³-hybridized carbons (Fsp3) is 0.304. The highest BCUT2D eigenvalue weighted by Crippen LogP contribution is 2.32. The van der Waals surface area contributed by atoms with Crippen molar-refractivity contribution in [1.82, 2.24) is 24.4 Å². The number of carbonyl (C=O) groups is 1. The van der Waals surface area contributed by atoms with E-state index in [2.05, 4.69) is 32.2 Å². The maximum absolute atomic E-state index is 14.5. The highest BCUT2D eigenvalue weighted by atomic mass is 19.1. The topological polar surface area (TPSA) is 81.4 Å². The van der Waals surface area contributed by atoms with Gasteiger partial charge >= 0.3 is 6.03 Å². The number of nitrogens with one attached hydrogen (secondary N) is 1. The number of aromatic nitrogens is 3. The summed E-state index contributed by atoms with van der Waals surface area (Å²) in [4.78, 5) is 27.5. The molecular formula is C23H24F2N8O. The van der Waals surface area contributed by atoms with E-state index in [1.54, 1.807) is 45.1 Å². The van der Waals surface area contributed by atoms with E-state index in [1.807, 2.05) is 0 Å². The molecule has 1 unspecified atom stereocenters. The first-order chi connectivity index (χ1) is 16.5. The maximum Gasteiger partial charge on any atom is 0.322 e. The number of carbonyl (C=O) groups excluding carboxylic acids is 1. The molecule has 0 radical (unpaired) electrons. The molecule has 3 aromatic rings. The number of halogens is 2. The number of amides is 2. The van der Waals surface area contributed by atoms with E-state index >= 15 is 0 Å². The minimum atomic E-state index is -0.827. The smallest absolute Gasteiger partial charge is 0.322 e. The Bertz CT molecular complexity index is 1270. The highest BCUT2D eigenvalue weighted by molar-refractivity contribution is 5.93. The molecule has 1 atom stereocenters. The summed E-state index contributed by atoms with van der Waals surface area (Å²) in [5.74, 6) is -0.669. The van der Waals surface area contributed by atoms with Crippen LogP contribution in [0, 0.1) is 11.6 Å². The second-order valence-corrected chi connectivity index (χ2v) is 8.05. The lowest BCUT2D eigenvalue weighted by Crippen LogP contribution is -2.49. The number of urea groups is 1. The number of likely N-dealkylation sites (N-methyl/N-ethyl adjacent to an activating group) is 1. The SMILES string of the molecule is CCN1CCN(C(=O)Nc2cnn3ccc(N4C=CC=NC4c4cc(F)ccc4F)nc23)CC1. The third-order valence-electron chi connectivity index (χ3n) is 6.03. The molecule has 11 heteroatoms. The predicted octanol–water partition coefficient (Wildman–Crippen LogP) is 3.28. The monoisotopic (exact) mass is 466 g/mol. The summed E-state index contributed by atoms with van der Waals surface area (Å²) in [6, 6.07) is 4.77. The molecule has 2 amide bonds.